The number of thioether (sulfide) groups is 1. The molecule has 1 aromatic rings. The number of hydrogen-bond acceptors (Lipinski definition) is 3. The van der Waals surface area contributed by atoms with E-state index < -0.39 is 16.8 Å². The van der Waals surface area contributed by atoms with Gasteiger partial charge in [0, 0.05) is 18.7 Å². The molecule has 2 atom stereocenters. The van der Waals surface area contributed by atoms with E-state index in [1.807, 2.05) is 36.6 Å². The van der Waals surface area contributed by atoms with E-state index in [0.29, 0.717) is 0 Å². The Morgan fingerprint density at radius 1 is 1.43 bits per heavy atom. The molecule has 3 rings (SSSR count). The molecule has 0 aliphatic carbocycles. The molecule has 0 aromatic heterocycles. The van der Waals surface area contributed by atoms with Gasteiger partial charge in [-0.1, -0.05) is 18.2 Å². The molecule has 2 aliphatic rings. The molecule has 4 nitrogen and oxygen atoms in total. The van der Waals surface area contributed by atoms with Gasteiger partial charge in [-0.05, 0) is 37.0 Å². The number of rotatable bonds is 3. The molecule has 21 heavy (non-hydrogen) atoms. The van der Waals surface area contributed by atoms with Crippen LogP contribution in [-0.2, 0) is 4.79 Å². The first kappa shape index (κ1) is 14.2. The van der Waals surface area contributed by atoms with Crippen molar-refractivity contribution in [1.29, 1.82) is 0 Å². The Hall–Kier alpha value is -1.75. The number of aliphatic carboxylic acids is 1. The van der Waals surface area contributed by atoms with Crippen molar-refractivity contribution in [3.63, 3.8) is 0 Å². The standard InChI is InChI=1S/C16H18N2O2S/c1-16(9-11-21-14(16)15(19)20)17-13-8-5-10-18(13)12-6-3-2-4-7-12/h2-4,6-7,9,11,14H,5,8,10H2,1H3,(H,19,20). The van der Waals surface area contributed by atoms with Crippen LogP contribution in [0.3, 0.4) is 0 Å². The van der Waals surface area contributed by atoms with Crippen molar-refractivity contribution < 1.29 is 9.90 Å². The maximum Gasteiger partial charge on any atom is 0.319 e. The van der Waals surface area contributed by atoms with Gasteiger partial charge in [-0.25, -0.2) is 0 Å². The summed E-state index contributed by atoms with van der Waals surface area (Å²) in [5.74, 6) is 0.184. The molecule has 1 fully saturated rings. The summed E-state index contributed by atoms with van der Waals surface area (Å²) in [6.45, 7) is 2.84. The summed E-state index contributed by atoms with van der Waals surface area (Å²) in [6, 6.07) is 10.2. The average molecular weight is 302 g/mol. The third-order valence-electron chi connectivity index (χ3n) is 3.91. The number of benzene rings is 1. The van der Waals surface area contributed by atoms with E-state index in [0.717, 1.165) is 30.9 Å². The van der Waals surface area contributed by atoms with Crippen LogP contribution in [0.1, 0.15) is 19.8 Å². The molecule has 2 unspecified atom stereocenters. The first-order valence-corrected chi connectivity index (χ1v) is 8.02. The van der Waals surface area contributed by atoms with E-state index in [1.165, 1.54) is 11.8 Å². The van der Waals surface area contributed by atoms with Crippen molar-refractivity contribution in [2.24, 2.45) is 4.99 Å². The fourth-order valence-corrected chi connectivity index (χ4v) is 3.86. The van der Waals surface area contributed by atoms with E-state index in [2.05, 4.69) is 17.0 Å². The van der Waals surface area contributed by atoms with Crippen LogP contribution in [0, 0.1) is 0 Å². The molecule has 110 valence electrons. The van der Waals surface area contributed by atoms with Gasteiger partial charge in [-0.15, -0.1) is 11.8 Å². The van der Waals surface area contributed by atoms with E-state index in [-0.39, 0.29) is 0 Å². The molecular weight excluding hydrogens is 284 g/mol. The number of carbonyl (C=O) groups is 1. The number of aliphatic imine (C=N–C) groups is 1. The quantitative estimate of drug-likeness (QED) is 0.932. The fourth-order valence-electron chi connectivity index (χ4n) is 2.82. The van der Waals surface area contributed by atoms with Crippen LogP contribution in [0.15, 0.2) is 46.8 Å². The van der Waals surface area contributed by atoms with Gasteiger partial charge >= 0.3 is 5.97 Å². The first-order chi connectivity index (χ1) is 10.1. The van der Waals surface area contributed by atoms with Crippen LogP contribution < -0.4 is 4.90 Å². The lowest BCUT2D eigenvalue weighted by atomic mass is 9.98. The minimum Gasteiger partial charge on any atom is -0.480 e. The predicted molar refractivity (Wildman–Crippen MR) is 87.0 cm³/mol. The predicted octanol–water partition coefficient (Wildman–Crippen LogP) is 3.16. The zero-order valence-electron chi connectivity index (χ0n) is 11.9. The number of carboxylic acids is 1. The molecule has 0 saturated carbocycles. The Morgan fingerprint density at radius 3 is 2.90 bits per heavy atom. The second-order valence-electron chi connectivity index (χ2n) is 5.50. The number of anilines is 1. The van der Waals surface area contributed by atoms with Crippen molar-refractivity contribution in [3.05, 3.63) is 41.8 Å². The summed E-state index contributed by atoms with van der Waals surface area (Å²) >= 11 is 1.33. The van der Waals surface area contributed by atoms with Gasteiger partial charge in [-0.2, -0.15) is 0 Å². The van der Waals surface area contributed by atoms with Gasteiger partial charge < -0.3 is 10.0 Å². The van der Waals surface area contributed by atoms with E-state index in [9.17, 15) is 9.90 Å². The SMILES string of the molecule is CC1(N=C2CCCN2c2ccccc2)C=CSC1C(=O)O. The van der Waals surface area contributed by atoms with Crippen molar-refractivity contribution in [3.8, 4) is 0 Å². The van der Waals surface area contributed by atoms with Gasteiger partial charge in [0.25, 0.3) is 0 Å². The Labute approximate surface area is 128 Å². The Bertz CT molecular complexity index is 600. The number of amidine groups is 1. The molecular formula is C16H18N2O2S. The molecule has 0 radical (unpaired) electrons. The average Bonchev–Trinajstić information content (AvgIpc) is 3.07. The van der Waals surface area contributed by atoms with Crippen LogP contribution >= 0.6 is 11.8 Å². The van der Waals surface area contributed by atoms with Crippen molar-refractivity contribution >= 4 is 29.3 Å². The monoisotopic (exact) mass is 302 g/mol. The van der Waals surface area contributed by atoms with Gasteiger partial charge in [0.15, 0.2) is 0 Å². The summed E-state index contributed by atoms with van der Waals surface area (Å²) in [4.78, 5) is 18.4. The molecule has 1 saturated heterocycles. The highest BCUT2D eigenvalue weighted by Crippen LogP contribution is 2.37. The van der Waals surface area contributed by atoms with Gasteiger partial charge in [0.05, 0.1) is 0 Å². The summed E-state index contributed by atoms with van der Waals surface area (Å²) in [5, 5.41) is 10.7. The van der Waals surface area contributed by atoms with Gasteiger partial charge in [-0.3, -0.25) is 9.79 Å². The van der Waals surface area contributed by atoms with Crippen LogP contribution in [-0.4, -0.2) is 34.2 Å². The smallest absolute Gasteiger partial charge is 0.319 e. The second kappa shape index (κ2) is 5.56. The number of para-hydroxylation sites is 1. The number of carboxylic acid groups (broad SMARTS) is 1. The summed E-state index contributed by atoms with van der Waals surface area (Å²) < 4.78 is 0. The van der Waals surface area contributed by atoms with Crippen LogP contribution in [0.5, 0.6) is 0 Å². The largest absolute Gasteiger partial charge is 0.480 e. The molecule has 2 heterocycles. The lowest BCUT2D eigenvalue weighted by molar-refractivity contribution is -0.137. The number of nitrogens with zero attached hydrogens (tertiary/aromatic N) is 2. The highest BCUT2D eigenvalue weighted by Gasteiger charge is 2.42. The van der Waals surface area contributed by atoms with Crippen LogP contribution in [0.4, 0.5) is 5.69 Å². The topological polar surface area (TPSA) is 52.9 Å². The van der Waals surface area contributed by atoms with Crippen molar-refractivity contribution in [1.82, 2.24) is 0 Å². The lowest BCUT2D eigenvalue weighted by Crippen LogP contribution is -2.39. The molecule has 1 N–H and O–H groups in total. The maximum atomic E-state index is 11.4. The lowest BCUT2D eigenvalue weighted by Gasteiger charge is -2.26. The highest BCUT2D eigenvalue weighted by atomic mass is 32.2. The molecule has 1 aromatic carbocycles. The van der Waals surface area contributed by atoms with E-state index in [4.69, 9.17) is 4.99 Å². The van der Waals surface area contributed by atoms with Gasteiger partial charge in [0.1, 0.15) is 16.6 Å². The number of hydrogen-bond donors (Lipinski definition) is 1. The Balaban J connectivity index is 1.91. The molecule has 2 aliphatic heterocycles. The third kappa shape index (κ3) is 2.70. The fraction of sp³-hybridized carbons (Fsp3) is 0.375. The zero-order valence-corrected chi connectivity index (χ0v) is 12.7. The van der Waals surface area contributed by atoms with Crippen molar-refractivity contribution in [2.45, 2.75) is 30.6 Å². The minimum atomic E-state index is -0.805. The zero-order chi connectivity index (χ0) is 14.9. The summed E-state index contributed by atoms with van der Waals surface area (Å²) in [7, 11) is 0. The molecule has 0 amide bonds. The summed E-state index contributed by atoms with van der Waals surface area (Å²) in [5.41, 5.74) is 0.460. The maximum absolute atomic E-state index is 11.4. The normalized spacial score (nSPS) is 30.2. The molecule has 0 spiro atoms. The molecule has 0 bridgehead atoms. The third-order valence-corrected chi connectivity index (χ3v) is 5.15. The van der Waals surface area contributed by atoms with Crippen molar-refractivity contribution in [2.75, 3.05) is 11.4 Å². The highest BCUT2D eigenvalue weighted by molar-refractivity contribution is 8.03. The minimum absolute atomic E-state index is 0.539. The Morgan fingerprint density at radius 2 is 2.19 bits per heavy atom. The second-order valence-corrected chi connectivity index (χ2v) is 6.52. The van der Waals surface area contributed by atoms with Crippen LogP contribution in [0.2, 0.25) is 0 Å². The Kier molecular flexibility index (Phi) is 3.76. The first-order valence-electron chi connectivity index (χ1n) is 7.07. The van der Waals surface area contributed by atoms with Crippen LogP contribution in [0.25, 0.3) is 0 Å². The van der Waals surface area contributed by atoms with E-state index >= 15 is 0 Å². The molecule has 5 heteroatoms. The summed E-state index contributed by atoms with van der Waals surface area (Å²) in [6.07, 6.45) is 3.86. The van der Waals surface area contributed by atoms with E-state index in [1.54, 1.807) is 0 Å². The van der Waals surface area contributed by atoms with Gasteiger partial charge in [0.2, 0.25) is 0 Å².